The summed E-state index contributed by atoms with van der Waals surface area (Å²) in [6.07, 6.45) is 4.32. The van der Waals surface area contributed by atoms with Gasteiger partial charge in [0, 0.05) is 24.7 Å². The third-order valence-electron chi connectivity index (χ3n) is 7.31. The molecule has 0 radical (unpaired) electrons. The molecule has 1 N–H and O–H groups in total. The fourth-order valence-electron chi connectivity index (χ4n) is 4.95. The predicted molar refractivity (Wildman–Crippen MR) is 156 cm³/mol. The number of sulfonamides is 1. The highest BCUT2D eigenvalue weighted by Crippen LogP contribution is 2.26. The maximum atomic E-state index is 13.9. The van der Waals surface area contributed by atoms with E-state index in [2.05, 4.69) is 5.32 Å². The van der Waals surface area contributed by atoms with Crippen LogP contribution in [0.4, 0.5) is 11.4 Å². The second-order valence-electron chi connectivity index (χ2n) is 10.1. The van der Waals surface area contributed by atoms with Gasteiger partial charge in [0.1, 0.15) is 12.6 Å². The van der Waals surface area contributed by atoms with Gasteiger partial charge in [-0.3, -0.25) is 24.0 Å². The molecule has 3 aromatic carbocycles. The van der Waals surface area contributed by atoms with Gasteiger partial charge in [0.25, 0.3) is 15.7 Å². The lowest BCUT2D eigenvalue weighted by Gasteiger charge is -2.32. The van der Waals surface area contributed by atoms with Crippen molar-refractivity contribution in [1.82, 2.24) is 10.2 Å². The lowest BCUT2D eigenvalue weighted by molar-refractivity contribution is -0.384. The fourth-order valence-corrected chi connectivity index (χ4v) is 6.39. The number of anilines is 1. The lowest BCUT2D eigenvalue weighted by atomic mass is 10.1. The Morgan fingerprint density at radius 1 is 0.951 bits per heavy atom. The van der Waals surface area contributed by atoms with Gasteiger partial charge in [-0.25, -0.2) is 8.42 Å². The van der Waals surface area contributed by atoms with Crippen molar-refractivity contribution in [3.05, 3.63) is 101 Å². The molecule has 0 aliphatic heterocycles. The molecule has 1 aliphatic rings. The Labute approximate surface area is 240 Å². The van der Waals surface area contributed by atoms with E-state index in [0.29, 0.717) is 6.42 Å². The standard InChI is InChI=1S/C30H34N4O6S/c1-23(30(36)31-25-12-8-9-13-25)32(21-20-24-10-4-2-5-11-24)29(35)22-33(26-16-18-27(19-17-26)34(37)38)41(39,40)28-14-6-3-7-15-28/h2-7,10-11,14-19,23,25H,8-9,12-13,20-22H2,1H3,(H,31,36)/t23-/m1/s1. The van der Waals surface area contributed by atoms with Crippen molar-refractivity contribution in [2.24, 2.45) is 0 Å². The summed E-state index contributed by atoms with van der Waals surface area (Å²) >= 11 is 0. The van der Waals surface area contributed by atoms with Crippen molar-refractivity contribution in [3.8, 4) is 0 Å². The highest BCUT2D eigenvalue weighted by atomic mass is 32.2. The maximum absolute atomic E-state index is 13.9. The molecule has 0 bridgehead atoms. The number of carbonyl (C=O) groups excluding carboxylic acids is 2. The van der Waals surface area contributed by atoms with E-state index < -0.39 is 33.4 Å². The van der Waals surface area contributed by atoms with Gasteiger partial charge in [-0.05, 0) is 56.0 Å². The van der Waals surface area contributed by atoms with Crippen molar-refractivity contribution in [1.29, 1.82) is 0 Å². The molecular formula is C30H34N4O6S. The van der Waals surface area contributed by atoms with Gasteiger partial charge in [0.2, 0.25) is 11.8 Å². The Kier molecular flexibility index (Phi) is 9.72. The first kappa shape index (κ1) is 29.7. The molecule has 11 heteroatoms. The topological polar surface area (TPSA) is 130 Å². The molecule has 1 atom stereocenters. The summed E-state index contributed by atoms with van der Waals surface area (Å²) in [5.41, 5.74) is 0.857. The van der Waals surface area contributed by atoms with Gasteiger partial charge in [-0.1, -0.05) is 61.4 Å². The van der Waals surface area contributed by atoms with Crippen LogP contribution >= 0.6 is 0 Å². The summed E-state index contributed by atoms with van der Waals surface area (Å²) in [7, 11) is -4.23. The van der Waals surface area contributed by atoms with Gasteiger partial charge in [0.15, 0.2) is 0 Å². The third-order valence-corrected chi connectivity index (χ3v) is 9.10. The molecule has 10 nitrogen and oxygen atoms in total. The van der Waals surface area contributed by atoms with Crippen LogP contribution in [0, 0.1) is 10.1 Å². The van der Waals surface area contributed by atoms with E-state index in [-0.39, 0.29) is 34.8 Å². The third kappa shape index (κ3) is 7.49. The van der Waals surface area contributed by atoms with E-state index in [1.165, 1.54) is 41.3 Å². The van der Waals surface area contributed by atoms with Crippen LogP contribution in [0.5, 0.6) is 0 Å². The van der Waals surface area contributed by atoms with E-state index in [0.717, 1.165) is 35.6 Å². The first-order valence-electron chi connectivity index (χ1n) is 13.6. The number of benzene rings is 3. The minimum Gasteiger partial charge on any atom is -0.352 e. The van der Waals surface area contributed by atoms with Gasteiger partial charge in [-0.2, -0.15) is 0 Å². The van der Waals surface area contributed by atoms with Gasteiger partial charge >= 0.3 is 0 Å². The molecule has 216 valence electrons. The number of rotatable bonds is 12. The Morgan fingerprint density at radius 3 is 2.12 bits per heavy atom. The molecule has 0 unspecified atom stereocenters. The van der Waals surface area contributed by atoms with Gasteiger partial charge in [0.05, 0.1) is 15.5 Å². The van der Waals surface area contributed by atoms with E-state index in [9.17, 15) is 28.1 Å². The van der Waals surface area contributed by atoms with Crippen molar-refractivity contribution in [3.63, 3.8) is 0 Å². The molecule has 1 aliphatic carbocycles. The largest absolute Gasteiger partial charge is 0.352 e. The lowest BCUT2D eigenvalue weighted by Crippen LogP contribution is -2.53. The Hall–Kier alpha value is -4.25. The zero-order valence-corrected chi connectivity index (χ0v) is 23.7. The second-order valence-corrected chi connectivity index (χ2v) is 11.9. The van der Waals surface area contributed by atoms with Crippen molar-refractivity contribution in [2.45, 2.75) is 56.0 Å². The summed E-state index contributed by atoms with van der Waals surface area (Å²) < 4.78 is 28.5. The summed E-state index contributed by atoms with van der Waals surface area (Å²) in [6.45, 7) is 1.25. The number of carbonyl (C=O) groups is 2. The predicted octanol–water partition coefficient (Wildman–Crippen LogP) is 4.31. The van der Waals surface area contributed by atoms with E-state index >= 15 is 0 Å². The highest BCUT2D eigenvalue weighted by Gasteiger charge is 2.33. The molecule has 1 saturated carbocycles. The second kappa shape index (κ2) is 13.4. The summed E-state index contributed by atoms with van der Waals surface area (Å²) in [5, 5.41) is 14.2. The van der Waals surface area contributed by atoms with Crippen molar-refractivity contribution in [2.75, 3.05) is 17.4 Å². The molecular weight excluding hydrogens is 544 g/mol. The first-order chi connectivity index (χ1) is 19.7. The molecule has 1 fully saturated rings. The minimum absolute atomic E-state index is 0.0333. The van der Waals surface area contributed by atoms with Crippen LogP contribution in [0.2, 0.25) is 0 Å². The summed E-state index contributed by atoms with van der Waals surface area (Å²) in [4.78, 5) is 39.1. The van der Waals surface area contributed by atoms with E-state index in [1.807, 2.05) is 30.3 Å². The first-order valence-corrected chi connectivity index (χ1v) is 15.1. The fraction of sp³-hybridized carbons (Fsp3) is 0.333. The molecule has 0 heterocycles. The number of amides is 2. The Morgan fingerprint density at radius 2 is 1.54 bits per heavy atom. The quantitative estimate of drug-likeness (QED) is 0.252. The molecule has 3 aromatic rings. The monoisotopic (exact) mass is 578 g/mol. The number of nitrogens with one attached hydrogen (secondary N) is 1. The zero-order chi connectivity index (χ0) is 29.4. The Bertz CT molecular complexity index is 1440. The SMILES string of the molecule is C[C@H](C(=O)NC1CCCC1)N(CCc1ccccc1)C(=O)CN(c1ccc([N+](=O)[O-])cc1)S(=O)(=O)c1ccccc1. The zero-order valence-electron chi connectivity index (χ0n) is 22.9. The molecule has 0 aromatic heterocycles. The normalized spacial score (nSPS) is 14.3. The van der Waals surface area contributed by atoms with E-state index in [1.54, 1.807) is 25.1 Å². The number of nitro benzene ring substituents is 1. The van der Waals surface area contributed by atoms with Crippen LogP contribution < -0.4 is 9.62 Å². The van der Waals surface area contributed by atoms with Crippen LogP contribution in [0.1, 0.15) is 38.2 Å². The average molecular weight is 579 g/mol. The highest BCUT2D eigenvalue weighted by molar-refractivity contribution is 7.92. The number of non-ortho nitro benzene ring substituents is 1. The number of hydrogen-bond donors (Lipinski definition) is 1. The molecule has 4 rings (SSSR count). The summed E-state index contributed by atoms with van der Waals surface area (Å²) in [5.74, 6) is -0.848. The van der Waals surface area contributed by atoms with Gasteiger partial charge < -0.3 is 10.2 Å². The number of nitrogens with zero attached hydrogens (tertiary/aromatic N) is 3. The number of nitro groups is 1. The smallest absolute Gasteiger partial charge is 0.269 e. The minimum atomic E-state index is -4.23. The summed E-state index contributed by atoms with van der Waals surface area (Å²) in [6, 6.07) is 21.4. The Balaban J connectivity index is 1.65. The molecule has 0 saturated heterocycles. The van der Waals surface area contributed by atoms with E-state index in [4.69, 9.17) is 0 Å². The maximum Gasteiger partial charge on any atom is 0.269 e. The molecule has 0 spiro atoms. The van der Waals surface area contributed by atoms with Crippen LogP contribution in [0.3, 0.4) is 0 Å². The van der Waals surface area contributed by atoms with Crippen LogP contribution in [-0.2, 0) is 26.0 Å². The number of hydrogen-bond acceptors (Lipinski definition) is 6. The van der Waals surface area contributed by atoms with Gasteiger partial charge in [-0.15, -0.1) is 0 Å². The molecule has 2 amide bonds. The van der Waals surface area contributed by atoms with Crippen LogP contribution in [-0.4, -0.2) is 55.2 Å². The van der Waals surface area contributed by atoms with Crippen LogP contribution in [0.25, 0.3) is 0 Å². The van der Waals surface area contributed by atoms with Crippen LogP contribution in [0.15, 0.2) is 89.8 Å². The molecule has 41 heavy (non-hydrogen) atoms. The van der Waals surface area contributed by atoms with Crippen molar-refractivity contribution < 1.29 is 22.9 Å². The van der Waals surface area contributed by atoms with Crippen molar-refractivity contribution >= 4 is 33.2 Å². The average Bonchev–Trinajstić information content (AvgIpc) is 3.50.